The molecule has 41 heavy (non-hydrogen) atoms. The van der Waals surface area contributed by atoms with Crippen LogP contribution < -0.4 is 16.8 Å². The van der Waals surface area contributed by atoms with E-state index in [1.165, 1.54) is 33.6 Å². The van der Waals surface area contributed by atoms with Gasteiger partial charge < -0.3 is 41.7 Å². The third kappa shape index (κ3) is 6.62. The van der Waals surface area contributed by atoms with E-state index in [1.54, 1.807) is 0 Å². The van der Waals surface area contributed by atoms with Gasteiger partial charge in [-0.05, 0) is 48.3 Å². The Morgan fingerprint density at radius 3 is 2.71 bits per heavy atom. The number of aliphatic carboxylic acids is 1. The molecule has 218 valence electrons. The number of benzene rings is 2. The molecule has 3 heterocycles. The summed E-state index contributed by atoms with van der Waals surface area (Å²) in [6.45, 7) is 2.73. The highest BCUT2D eigenvalue weighted by Crippen LogP contribution is 2.32. The van der Waals surface area contributed by atoms with E-state index in [1.807, 2.05) is 17.0 Å². The first kappa shape index (κ1) is 28.8. The van der Waals surface area contributed by atoms with Crippen molar-refractivity contribution in [2.75, 3.05) is 31.9 Å². The topological polar surface area (TPSA) is 198 Å². The van der Waals surface area contributed by atoms with Crippen molar-refractivity contribution >= 4 is 33.7 Å². The Bertz CT molecular complexity index is 1480. The summed E-state index contributed by atoms with van der Waals surface area (Å²) in [4.78, 5) is 25.7. The van der Waals surface area contributed by atoms with Crippen molar-refractivity contribution in [1.82, 2.24) is 29.7 Å². The molecule has 2 aromatic carbocycles. The molecular formula is C28H36N8O5. The number of aromatic nitrogens is 4. The van der Waals surface area contributed by atoms with Gasteiger partial charge in [0.05, 0.1) is 6.33 Å². The number of carboxylic acids is 1. The molecule has 0 radical (unpaired) electrons. The Hall–Kier alpha value is -3.72. The van der Waals surface area contributed by atoms with Crippen LogP contribution in [0.15, 0.2) is 55.1 Å². The molecule has 0 saturated carbocycles. The number of aliphatic hydroxyl groups is 2. The van der Waals surface area contributed by atoms with Gasteiger partial charge in [-0.1, -0.05) is 36.4 Å². The second kappa shape index (κ2) is 12.9. The van der Waals surface area contributed by atoms with Crippen LogP contribution in [-0.2, 0) is 16.1 Å². The van der Waals surface area contributed by atoms with Gasteiger partial charge in [-0.15, -0.1) is 0 Å². The van der Waals surface area contributed by atoms with Crippen molar-refractivity contribution in [2.45, 2.75) is 50.0 Å². The zero-order valence-corrected chi connectivity index (χ0v) is 22.6. The van der Waals surface area contributed by atoms with Gasteiger partial charge in [-0.2, -0.15) is 0 Å². The summed E-state index contributed by atoms with van der Waals surface area (Å²) in [7, 11) is 0. The maximum absolute atomic E-state index is 11.3. The van der Waals surface area contributed by atoms with Crippen molar-refractivity contribution in [2.24, 2.45) is 5.73 Å². The third-order valence-electron chi connectivity index (χ3n) is 7.48. The molecule has 0 spiro atoms. The highest BCUT2D eigenvalue weighted by atomic mass is 16.6. The molecule has 0 bridgehead atoms. The first-order chi connectivity index (χ1) is 19.8. The predicted molar refractivity (Wildman–Crippen MR) is 153 cm³/mol. The Morgan fingerprint density at radius 1 is 1.10 bits per heavy atom. The number of nitrogens with one attached hydrogen (secondary N) is 1. The number of fused-ring (bicyclic) bond motifs is 2. The number of imidazole rings is 1. The third-order valence-corrected chi connectivity index (χ3v) is 7.48. The second-order valence-corrected chi connectivity index (χ2v) is 10.4. The fraction of sp³-hybridized carbons (Fsp3) is 0.429. The average molecular weight is 565 g/mol. The van der Waals surface area contributed by atoms with E-state index in [-0.39, 0.29) is 18.8 Å². The summed E-state index contributed by atoms with van der Waals surface area (Å²) in [5, 5.41) is 36.8. The van der Waals surface area contributed by atoms with Crippen LogP contribution in [0, 0.1) is 0 Å². The van der Waals surface area contributed by atoms with Crippen LogP contribution in [0.3, 0.4) is 0 Å². The number of carbonyl (C=O) groups is 1. The SMILES string of the molecule is Nc1ncnc2c1ncn2[C@@H]1O[C@H](CN(CCCNCc2ccc3ccccc3c2)CC[C@H](N)C(=O)O)[C@@H](O)[C@H]1O. The largest absolute Gasteiger partial charge is 0.480 e. The quantitative estimate of drug-likeness (QED) is 0.123. The van der Waals surface area contributed by atoms with Gasteiger partial charge >= 0.3 is 5.97 Å². The van der Waals surface area contributed by atoms with E-state index in [4.69, 9.17) is 16.2 Å². The molecule has 8 N–H and O–H groups in total. The Labute approximate surface area is 236 Å². The molecule has 5 rings (SSSR count). The van der Waals surface area contributed by atoms with Gasteiger partial charge in [0.15, 0.2) is 17.7 Å². The molecule has 13 heteroatoms. The van der Waals surface area contributed by atoms with Gasteiger partial charge in [0.2, 0.25) is 0 Å². The molecular weight excluding hydrogens is 528 g/mol. The normalized spacial score (nSPS) is 21.7. The summed E-state index contributed by atoms with van der Waals surface area (Å²) in [5.74, 6) is -0.864. The molecule has 4 aromatic rings. The zero-order chi connectivity index (χ0) is 28.9. The Balaban J connectivity index is 1.19. The fourth-order valence-corrected chi connectivity index (χ4v) is 5.17. The van der Waals surface area contributed by atoms with E-state index >= 15 is 0 Å². The van der Waals surface area contributed by atoms with Crippen molar-refractivity contribution in [1.29, 1.82) is 0 Å². The number of rotatable bonds is 13. The number of hydrogen-bond donors (Lipinski definition) is 6. The smallest absolute Gasteiger partial charge is 0.320 e. The van der Waals surface area contributed by atoms with Crippen LogP contribution in [0.2, 0.25) is 0 Å². The Morgan fingerprint density at radius 2 is 1.90 bits per heavy atom. The first-order valence-electron chi connectivity index (χ1n) is 13.7. The first-order valence-corrected chi connectivity index (χ1v) is 13.7. The van der Waals surface area contributed by atoms with Crippen molar-refractivity contribution in [3.8, 4) is 0 Å². The Kier molecular flexibility index (Phi) is 9.03. The average Bonchev–Trinajstić information content (AvgIpc) is 3.52. The highest BCUT2D eigenvalue weighted by molar-refractivity contribution is 5.83. The molecule has 1 aliphatic heterocycles. The summed E-state index contributed by atoms with van der Waals surface area (Å²) < 4.78 is 7.63. The van der Waals surface area contributed by atoms with Gasteiger partial charge in [0.1, 0.15) is 36.2 Å². The number of anilines is 1. The molecule has 1 fully saturated rings. The fourth-order valence-electron chi connectivity index (χ4n) is 5.17. The van der Waals surface area contributed by atoms with E-state index in [2.05, 4.69) is 50.6 Å². The minimum atomic E-state index is -1.24. The highest BCUT2D eigenvalue weighted by Gasteiger charge is 2.44. The number of hydrogen-bond acceptors (Lipinski definition) is 11. The van der Waals surface area contributed by atoms with Gasteiger partial charge in [-0.25, -0.2) is 15.0 Å². The number of ether oxygens (including phenoxy) is 1. The lowest BCUT2D eigenvalue weighted by molar-refractivity contribution is -0.138. The van der Waals surface area contributed by atoms with Crippen LogP contribution in [0.5, 0.6) is 0 Å². The number of nitrogens with zero attached hydrogens (tertiary/aromatic N) is 5. The van der Waals surface area contributed by atoms with Crippen LogP contribution in [0.1, 0.15) is 24.6 Å². The van der Waals surface area contributed by atoms with Gasteiger partial charge in [0, 0.05) is 19.6 Å². The molecule has 1 saturated heterocycles. The molecule has 1 aliphatic rings. The lowest BCUT2D eigenvalue weighted by atomic mass is 10.1. The van der Waals surface area contributed by atoms with Crippen molar-refractivity contribution < 1.29 is 24.9 Å². The van der Waals surface area contributed by atoms with Gasteiger partial charge in [-0.3, -0.25) is 9.36 Å². The minimum Gasteiger partial charge on any atom is -0.480 e. The molecule has 2 aromatic heterocycles. The maximum Gasteiger partial charge on any atom is 0.320 e. The van der Waals surface area contributed by atoms with Crippen molar-refractivity contribution in [3.05, 3.63) is 60.7 Å². The monoisotopic (exact) mass is 564 g/mol. The lowest BCUT2D eigenvalue weighted by Gasteiger charge is -2.27. The van der Waals surface area contributed by atoms with Gasteiger partial charge in [0.25, 0.3) is 0 Å². The van der Waals surface area contributed by atoms with Crippen molar-refractivity contribution in [3.63, 3.8) is 0 Å². The molecule has 5 atom stereocenters. The van der Waals surface area contributed by atoms with E-state index in [0.717, 1.165) is 19.5 Å². The molecule has 0 aliphatic carbocycles. The summed E-state index contributed by atoms with van der Waals surface area (Å²) >= 11 is 0. The zero-order valence-electron chi connectivity index (χ0n) is 22.6. The second-order valence-electron chi connectivity index (χ2n) is 10.4. The molecule has 0 amide bonds. The maximum atomic E-state index is 11.3. The molecule has 0 unspecified atom stereocenters. The van der Waals surface area contributed by atoms with Crippen LogP contribution >= 0.6 is 0 Å². The summed E-state index contributed by atoms with van der Waals surface area (Å²) in [6, 6.07) is 13.6. The van der Waals surface area contributed by atoms with Crippen LogP contribution in [0.25, 0.3) is 21.9 Å². The summed E-state index contributed by atoms with van der Waals surface area (Å²) in [6.07, 6.45) is -0.335. The number of carboxylic acid groups (broad SMARTS) is 1. The number of nitrogens with two attached hydrogens (primary N) is 2. The minimum absolute atomic E-state index is 0.202. The van der Waals surface area contributed by atoms with E-state index in [0.29, 0.717) is 24.3 Å². The summed E-state index contributed by atoms with van der Waals surface area (Å²) in [5.41, 5.74) is 13.6. The number of aliphatic hydroxyl groups excluding tert-OH is 2. The number of nitrogen functional groups attached to an aromatic ring is 1. The van der Waals surface area contributed by atoms with E-state index < -0.39 is 36.6 Å². The van der Waals surface area contributed by atoms with Crippen LogP contribution in [-0.4, -0.2) is 96.2 Å². The lowest BCUT2D eigenvalue weighted by Crippen LogP contribution is -2.43. The molecule has 13 nitrogen and oxygen atoms in total. The predicted octanol–water partition coefficient (Wildman–Crippen LogP) is 0.465. The van der Waals surface area contributed by atoms with Crippen LogP contribution in [0.4, 0.5) is 5.82 Å². The standard InChI is InChI=1S/C28H36N8O5/c29-20(28(39)40)8-11-35(10-3-9-31-13-17-6-7-18-4-1-2-5-19(18)12-17)14-21-23(37)24(38)27(41-21)36-16-34-22-25(30)32-15-33-26(22)36/h1-2,4-7,12,15-16,20-21,23-24,27,31,37-38H,3,8-11,13-14,29H2,(H,39,40)(H2,30,32,33)/t20-,21+,23+,24+,27+/m0/s1. The van der Waals surface area contributed by atoms with E-state index in [9.17, 15) is 20.1 Å².